The summed E-state index contributed by atoms with van der Waals surface area (Å²) in [6.45, 7) is 0. The van der Waals surface area contributed by atoms with E-state index < -0.39 is 11.2 Å². The van der Waals surface area contributed by atoms with Gasteiger partial charge in [0.15, 0.2) is 17.3 Å². The summed E-state index contributed by atoms with van der Waals surface area (Å²) in [4.78, 5) is 10.7. The number of nitrogens with two attached hydrogens (primary N) is 1. The molecule has 5 heteroatoms. The molecule has 0 spiro atoms. The minimum absolute atomic E-state index is 0.0483. The number of nitrogens with one attached hydrogen (secondary N) is 1. The minimum Gasteiger partial charge on any atom is -0.502 e. The first-order valence-electron chi connectivity index (χ1n) is 2.77. The van der Waals surface area contributed by atoms with E-state index in [9.17, 15) is 4.79 Å². The Labute approximate surface area is 61.6 Å². The number of amidine groups is 1. The molecule has 0 fully saturated rings. The van der Waals surface area contributed by atoms with Crippen molar-refractivity contribution in [1.29, 1.82) is 5.41 Å². The molecule has 0 saturated carbocycles. The number of rotatable bonds is 1. The first-order chi connectivity index (χ1) is 5.11. The number of hydrogen-bond acceptors (Lipinski definition) is 4. The molecule has 1 rings (SSSR count). The highest BCUT2D eigenvalue weighted by Gasteiger charge is 2.02. The van der Waals surface area contributed by atoms with Gasteiger partial charge in [-0.15, -0.1) is 0 Å². The van der Waals surface area contributed by atoms with Gasteiger partial charge in [-0.05, 0) is 0 Å². The molecule has 0 atom stereocenters. The Hall–Kier alpha value is -1.78. The van der Waals surface area contributed by atoms with Gasteiger partial charge in [-0.2, -0.15) is 0 Å². The Bertz CT molecular complexity index is 342. The van der Waals surface area contributed by atoms with Crippen molar-refractivity contribution in [3.63, 3.8) is 0 Å². The third-order valence-electron chi connectivity index (χ3n) is 1.08. The van der Waals surface area contributed by atoms with Crippen molar-refractivity contribution < 1.29 is 9.52 Å². The van der Waals surface area contributed by atoms with Crippen LogP contribution < -0.4 is 11.2 Å². The van der Waals surface area contributed by atoms with Gasteiger partial charge in [0.05, 0.1) is 0 Å². The monoisotopic (exact) mass is 154 g/mol. The van der Waals surface area contributed by atoms with Crippen molar-refractivity contribution in [2.45, 2.75) is 0 Å². The lowest BCUT2D eigenvalue weighted by molar-refractivity contribution is 0.427. The van der Waals surface area contributed by atoms with E-state index in [1.807, 2.05) is 0 Å². The SMILES string of the molecule is N=C(N)c1cc(=O)c(O)co1. The van der Waals surface area contributed by atoms with Crippen LogP contribution in [0.4, 0.5) is 0 Å². The number of aromatic hydroxyl groups is 1. The first-order valence-corrected chi connectivity index (χ1v) is 2.77. The standard InChI is InChI=1S/C6H6N2O3/c7-6(8)5-1-3(9)4(10)2-11-5/h1-2,10H,(H3,7,8). The molecule has 0 aliphatic heterocycles. The maximum atomic E-state index is 10.7. The molecule has 0 bridgehead atoms. The Kier molecular flexibility index (Phi) is 1.63. The highest BCUT2D eigenvalue weighted by molar-refractivity contribution is 5.91. The van der Waals surface area contributed by atoms with E-state index in [1.54, 1.807) is 0 Å². The molecule has 0 radical (unpaired) electrons. The van der Waals surface area contributed by atoms with Crippen LogP contribution in [0.2, 0.25) is 0 Å². The van der Waals surface area contributed by atoms with Crippen LogP contribution in [-0.4, -0.2) is 10.9 Å². The first kappa shape index (κ1) is 7.33. The Balaban J connectivity index is 3.26. The molecule has 58 valence electrons. The summed E-state index contributed by atoms with van der Waals surface area (Å²) in [7, 11) is 0. The van der Waals surface area contributed by atoms with Crippen LogP contribution in [0.25, 0.3) is 0 Å². The summed E-state index contributed by atoms with van der Waals surface area (Å²) in [6, 6.07) is 0.956. The largest absolute Gasteiger partial charge is 0.502 e. The van der Waals surface area contributed by atoms with Crippen LogP contribution in [0.15, 0.2) is 21.5 Å². The molecule has 4 N–H and O–H groups in total. The zero-order valence-corrected chi connectivity index (χ0v) is 5.50. The van der Waals surface area contributed by atoms with E-state index in [0.29, 0.717) is 0 Å². The molecule has 0 amide bonds. The molecule has 0 aromatic carbocycles. The van der Waals surface area contributed by atoms with Gasteiger partial charge >= 0.3 is 0 Å². The molecule has 1 aromatic heterocycles. The zero-order valence-electron chi connectivity index (χ0n) is 5.50. The summed E-state index contributed by atoms with van der Waals surface area (Å²) < 4.78 is 4.60. The van der Waals surface area contributed by atoms with Crippen LogP contribution in [-0.2, 0) is 0 Å². The van der Waals surface area contributed by atoms with Crippen LogP contribution in [0, 0.1) is 5.41 Å². The third kappa shape index (κ3) is 1.37. The zero-order chi connectivity index (χ0) is 8.43. The summed E-state index contributed by atoms with van der Waals surface area (Å²) >= 11 is 0. The summed E-state index contributed by atoms with van der Waals surface area (Å²) in [5, 5.41) is 15.6. The van der Waals surface area contributed by atoms with E-state index in [-0.39, 0.29) is 11.6 Å². The van der Waals surface area contributed by atoms with E-state index in [2.05, 4.69) is 4.42 Å². The van der Waals surface area contributed by atoms with Gasteiger partial charge in [0.2, 0.25) is 5.43 Å². The lowest BCUT2D eigenvalue weighted by atomic mass is 10.3. The second kappa shape index (κ2) is 2.45. The lowest BCUT2D eigenvalue weighted by Crippen LogP contribution is -2.13. The lowest BCUT2D eigenvalue weighted by Gasteiger charge is -1.94. The molecule has 5 nitrogen and oxygen atoms in total. The topological polar surface area (TPSA) is 100 Å². The van der Waals surface area contributed by atoms with Gasteiger partial charge in [-0.1, -0.05) is 0 Å². The van der Waals surface area contributed by atoms with Crippen molar-refractivity contribution in [1.82, 2.24) is 0 Å². The van der Waals surface area contributed by atoms with Crippen molar-refractivity contribution >= 4 is 5.84 Å². The number of hydrogen-bond donors (Lipinski definition) is 3. The smallest absolute Gasteiger partial charge is 0.227 e. The van der Waals surface area contributed by atoms with E-state index in [4.69, 9.17) is 16.2 Å². The fourth-order valence-corrected chi connectivity index (χ4v) is 0.546. The van der Waals surface area contributed by atoms with Gasteiger partial charge in [0.25, 0.3) is 0 Å². The predicted molar refractivity (Wildman–Crippen MR) is 37.7 cm³/mol. The second-order valence-corrected chi connectivity index (χ2v) is 1.91. The molecule has 0 aliphatic rings. The molecular formula is C6H6N2O3. The Morgan fingerprint density at radius 3 is 2.82 bits per heavy atom. The van der Waals surface area contributed by atoms with Crippen molar-refractivity contribution in [3.8, 4) is 5.75 Å². The molecule has 11 heavy (non-hydrogen) atoms. The summed E-state index contributed by atoms with van der Waals surface area (Å²) in [6.07, 6.45) is 0.846. The van der Waals surface area contributed by atoms with Crippen LogP contribution in [0.5, 0.6) is 5.75 Å². The average Bonchev–Trinajstić information content (AvgIpc) is 1.94. The van der Waals surface area contributed by atoms with Gasteiger partial charge in [0, 0.05) is 6.07 Å². The predicted octanol–water partition coefficient (Wildman–Crippen LogP) is -0.371. The van der Waals surface area contributed by atoms with Crippen LogP contribution in [0.3, 0.4) is 0 Å². The summed E-state index contributed by atoms with van der Waals surface area (Å²) in [5.41, 5.74) is 4.39. The third-order valence-corrected chi connectivity index (χ3v) is 1.08. The molecule has 0 unspecified atom stereocenters. The fraction of sp³-hybridized carbons (Fsp3) is 0. The van der Waals surface area contributed by atoms with Crippen molar-refractivity contribution in [2.24, 2.45) is 5.73 Å². The van der Waals surface area contributed by atoms with Crippen molar-refractivity contribution in [3.05, 3.63) is 28.3 Å². The maximum Gasteiger partial charge on any atom is 0.227 e. The number of nitrogen functional groups attached to an aromatic ring is 1. The highest BCUT2D eigenvalue weighted by atomic mass is 16.4. The van der Waals surface area contributed by atoms with Gasteiger partial charge in [0.1, 0.15) is 6.26 Å². The molecule has 0 saturated heterocycles. The van der Waals surface area contributed by atoms with Gasteiger partial charge < -0.3 is 15.3 Å². The Morgan fingerprint density at radius 1 is 1.73 bits per heavy atom. The van der Waals surface area contributed by atoms with E-state index in [1.165, 1.54) is 0 Å². The molecular weight excluding hydrogens is 148 g/mol. The highest BCUT2D eigenvalue weighted by Crippen LogP contribution is 2.01. The maximum absolute atomic E-state index is 10.7. The van der Waals surface area contributed by atoms with E-state index >= 15 is 0 Å². The average molecular weight is 154 g/mol. The van der Waals surface area contributed by atoms with Gasteiger partial charge in [-0.25, -0.2) is 0 Å². The second-order valence-electron chi connectivity index (χ2n) is 1.91. The quantitative estimate of drug-likeness (QED) is 0.379. The Morgan fingerprint density at radius 2 is 2.36 bits per heavy atom. The molecule has 1 aromatic rings. The summed E-state index contributed by atoms with van der Waals surface area (Å²) in [5.74, 6) is -0.884. The molecule has 0 aliphatic carbocycles. The normalized spacial score (nSPS) is 9.45. The van der Waals surface area contributed by atoms with Crippen LogP contribution in [0.1, 0.15) is 5.76 Å². The van der Waals surface area contributed by atoms with Crippen LogP contribution >= 0.6 is 0 Å². The fourth-order valence-electron chi connectivity index (χ4n) is 0.546. The van der Waals surface area contributed by atoms with Gasteiger partial charge in [-0.3, -0.25) is 10.2 Å². The minimum atomic E-state index is -0.610. The van der Waals surface area contributed by atoms with E-state index in [0.717, 1.165) is 12.3 Å². The molecule has 1 heterocycles. The van der Waals surface area contributed by atoms with Crippen molar-refractivity contribution in [2.75, 3.05) is 0 Å².